The third-order valence-corrected chi connectivity index (χ3v) is 7.82. The second kappa shape index (κ2) is 17.3. The molecule has 51 heavy (non-hydrogen) atoms. The van der Waals surface area contributed by atoms with E-state index < -0.39 is 17.8 Å². The zero-order valence-electron chi connectivity index (χ0n) is 28.8. The minimum Gasteiger partial charge on any atom is -0.493 e. The number of nitrogens with one attached hydrogen (secondary N) is 1. The molecule has 1 aliphatic rings. The molecule has 0 aliphatic carbocycles. The largest absolute Gasteiger partial charge is 0.493 e. The molecule has 11 nitrogen and oxygen atoms in total. The van der Waals surface area contributed by atoms with Gasteiger partial charge < -0.3 is 28.4 Å². The predicted molar refractivity (Wildman–Crippen MR) is 193 cm³/mol. The first-order valence-corrected chi connectivity index (χ1v) is 16.9. The molecule has 1 heterocycles. The van der Waals surface area contributed by atoms with Gasteiger partial charge in [-0.15, -0.1) is 0 Å². The number of hydrogen-bond donors (Lipinski definition) is 1. The van der Waals surface area contributed by atoms with Gasteiger partial charge in [-0.1, -0.05) is 54.9 Å². The van der Waals surface area contributed by atoms with E-state index in [1.807, 2.05) is 69.3 Å². The lowest BCUT2D eigenvalue weighted by Crippen LogP contribution is -2.54. The summed E-state index contributed by atoms with van der Waals surface area (Å²) in [6.45, 7) is 7.44. The number of amides is 4. The van der Waals surface area contributed by atoms with E-state index in [-0.39, 0.29) is 34.4 Å². The van der Waals surface area contributed by atoms with Crippen LogP contribution in [-0.4, -0.2) is 44.8 Å². The third kappa shape index (κ3) is 8.92. The monoisotopic (exact) mass is 714 g/mol. The number of methoxy groups -OCH3 is 1. The first-order chi connectivity index (χ1) is 24.8. The maximum atomic E-state index is 13.7. The average Bonchev–Trinajstić information content (AvgIpc) is 3.12. The minimum absolute atomic E-state index is 0.125. The molecule has 12 heteroatoms. The lowest BCUT2D eigenvalue weighted by molar-refractivity contribution is -0.122. The molecule has 1 aliphatic heterocycles. The zero-order valence-corrected chi connectivity index (χ0v) is 29.6. The summed E-state index contributed by atoms with van der Waals surface area (Å²) in [5, 5.41) is 2.41. The summed E-state index contributed by atoms with van der Waals surface area (Å²) in [4.78, 5) is 40.3. The number of hydrogen-bond acceptors (Lipinski definition) is 9. The van der Waals surface area contributed by atoms with Crippen molar-refractivity contribution in [2.45, 2.75) is 40.4 Å². The second-order valence-electron chi connectivity index (χ2n) is 11.2. The van der Waals surface area contributed by atoms with Gasteiger partial charge >= 0.3 is 6.03 Å². The van der Waals surface area contributed by atoms with E-state index in [9.17, 15) is 14.4 Å². The van der Waals surface area contributed by atoms with Crippen molar-refractivity contribution in [3.8, 4) is 34.5 Å². The molecule has 0 spiro atoms. The Morgan fingerprint density at radius 1 is 0.706 bits per heavy atom. The Labute approximate surface area is 301 Å². The van der Waals surface area contributed by atoms with Crippen LogP contribution in [0.25, 0.3) is 6.08 Å². The molecular weight excluding hydrogens is 676 g/mol. The molecule has 0 bridgehead atoms. The van der Waals surface area contributed by atoms with Crippen LogP contribution in [0.4, 0.5) is 10.5 Å². The minimum atomic E-state index is -0.894. The number of benzene rings is 4. The number of carbonyl (C=O) groups excluding carboxylic acids is 3. The molecule has 0 saturated carbocycles. The van der Waals surface area contributed by atoms with Crippen molar-refractivity contribution in [1.82, 2.24) is 5.32 Å². The summed E-state index contributed by atoms with van der Waals surface area (Å²) in [5.74, 6) is 0.856. The van der Waals surface area contributed by atoms with E-state index in [1.54, 1.807) is 18.2 Å². The number of urea groups is 1. The summed E-state index contributed by atoms with van der Waals surface area (Å²) in [6, 6.07) is 22.3. The van der Waals surface area contributed by atoms with Crippen molar-refractivity contribution in [1.29, 1.82) is 0 Å². The Morgan fingerprint density at radius 2 is 1.39 bits per heavy atom. The van der Waals surface area contributed by atoms with E-state index >= 15 is 0 Å². The Morgan fingerprint density at radius 3 is 2.10 bits per heavy atom. The van der Waals surface area contributed by atoms with Crippen LogP contribution in [0.3, 0.4) is 0 Å². The molecule has 1 saturated heterocycles. The van der Waals surface area contributed by atoms with Gasteiger partial charge in [-0.3, -0.25) is 14.9 Å². The first kappa shape index (κ1) is 36.6. The number of rotatable bonds is 16. The topological polar surface area (TPSA) is 122 Å². The third-order valence-electron chi connectivity index (χ3n) is 7.54. The summed E-state index contributed by atoms with van der Waals surface area (Å²) in [7, 11) is 1.45. The van der Waals surface area contributed by atoms with Gasteiger partial charge in [-0.2, -0.15) is 0 Å². The lowest BCUT2D eigenvalue weighted by atomic mass is 10.1. The fourth-order valence-electron chi connectivity index (χ4n) is 5.18. The number of anilines is 1. The number of ether oxygens (including phenoxy) is 6. The van der Waals surface area contributed by atoms with Crippen molar-refractivity contribution in [2.24, 2.45) is 0 Å². The number of carbonyl (C=O) groups is 3. The van der Waals surface area contributed by atoms with E-state index in [2.05, 4.69) is 5.32 Å². The van der Waals surface area contributed by atoms with Crippen molar-refractivity contribution >= 4 is 41.2 Å². The summed E-state index contributed by atoms with van der Waals surface area (Å²) in [6.07, 6.45) is 2.12. The summed E-state index contributed by atoms with van der Waals surface area (Å²) in [5.41, 5.74) is 2.11. The Kier molecular flexibility index (Phi) is 12.4. The van der Waals surface area contributed by atoms with Gasteiger partial charge in [0.05, 0.1) is 37.6 Å². The highest BCUT2D eigenvalue weighted by atomic mass is 35.5. The smallest absolute Gasteiger partial charge is 0.335 e. The highest BCUT2D eigenvalue weighted by molar-refractivity contribution is 6.39. The number of nitrogens with zero attached hydrogens (tertiary/aromatic N) is 1. The van der Waals surface area contributed by atoms with Crippen molar-refractivity contribution in [3.63, 3.8) is 0 Å². The van der Waals surface area contributed by atoms with Crippen molar-refractivity contribution < 1.29 is 42.8 Å². The van der Waals surface area contributed by atoms with E-state index in [0.29, 0.717) is 55.0 Å². The van der Waals surface area contributed by atoms with E-state index in [4.69, 9.17) is 40.0 Å². The Balaban J connectivity index is 1.35. The molecule has 4 aromatic rings. The van der Waals surface area contributed by atoms with Gasteiger partial charge in [0.2, 0.25) is 0 Å². The standard InChI is InChI=1S/C39H39ClN2O9/c1-5-17-49-31-16-14-28(22-34(31)48-7-3)42-38(44)29(37(43)41-39(42)45)18-27-19-30(40)36(35(21-27)46-4)51-24-26-13-15-32(33(20-26)47-6-2)50-23-25-11-9-8-10-12-25/h8-16,18-22H,5-7,17,23-24H2,1-4H3,(H,41,43,45)/b29-18+. The average molecular weight is 715 g/mol. The second-order valence-corrected chi connectivity index (χ2v) is 11.6. The molecule has 0 aromatic heterocycles. The molecule has 0 radical (unpaired) electrons. The highest BCUT2D eigenvalue weighted by Crippen LogP contribution is 2.39. The molecule has 1 fully saturated rings. The summed E-state index contributed by atoms with van der Waals surface area (Å²) < 4.78 is 35.0. The Hall–Kier alpha value is -5.68. The van der Waals surface area contributed by atoms with Crippen LogP contribution in [0.15, 0.2) is 84.4 Å². The summed E-state index contributed by atoms with van der Waals surface area (Å²) >= 11 is 6.67. The van der Waals surface area contributed by atoms with Gasteiger partial charge in [0, 0.05) is 6.07 Å². The molecule has 1 N–H and O–H groups in total. The van der Waals surface area contributed by atoms with Gasteiger partial charge in [-0.25, -0.2) is 9.69 Å². The van der Waals surface area contributed by atoms with Gasteiger partial charge in [0.1, 0.15) is 18.8 Å². The molecule has 0 unspecified atom stereocenters. The predicted octanol–water partition coefficient (Wildman–Crippen LogP) is 7.76. The Bertz CT molecular complexity index is 1910. The van der Waals surface area contributed by atoms with Crippen LogP contribution in [0.2, 0.25) is 5.02 Å². The molecule has 0 atom stereocenters. The van der Waals surface area contributed by atoms with Crippen LogP contribution in [0.5, 0.6) is 34.5 Å². The number of halogens is 1. The fraction of sp³-hybridized carbons (Fsp3) is 0.256. The van der Waals surface area contributed by atoms with Crippen molar-refractivity contribution in [2.75, 3.05) is 31.8 Å². The van der Waals surface area contributed by atoms with E-state index in [1.165, 1.54) is 25.3 Å². The fourth-order valence-corrected chi connectivity index (χ4v) is 5.45. The zero-order chi connectivity index (χ0) is 36.3. The van der Waals surface area contributed by atoms with Gasteiger partial charge in [0.15, 0.2) is 34.5 Å². The van der Waals surface area contributed by atoms with Crippen LogP contribution >= 0.6 is 11.6 Å². The van der Waals surface area contributed by atoms with Gasteiger partial charge in [-0.05, 0) is 79.4 Å². The number of imide groups is 2. The van der Waals surface area contributed by atoms with Crippen LogP contribution in [0.1, 0.15) is 43.9 Å². The van der Waals surface area contributed by atoms with Gasteiger partial charge in [0.25, 0.3) is 11.8 Å². The van der Waals surface area contributed by atoms with E-state index in [0.717, 1.165) is 22.4 Å². The molecule has 266 valence electrons. The lowest BCUT2D eigenvalue weighted by Gasteiger charge is -2.27. The molecule has 4 amide bonds. The SMILES string of the molecule is CCCOc1ccc(N2C(=O)NC(=O)/C(=C\c3cc(Cl)c(OCc4ccc(OCc5ccccc5)c(OCC)c4)c(OC)c3)C2=O)cc1OCC. The maximum absolute atomic E-state index is 13.7. The van der Waals surface area contributed by atoms with Crippen LogP contribution in [-0.2, 0) is 22.8 Å². The first-order valence-electron chi connectivity index (χ1n) is 16.5. The number of barbiturate groups is 1. The highest BCUT2D eigenvalue weighted by Gasteiger charge is 2.37. The van der Waals surface area contributed by atoms with Crippen LogP contribution in [0, 0.1) is 0 Å². The van der Waals surface area contributed by atoms with Crippen molar-refractivity contribution in [3.05, 3.63) is 106 Å². The quantitative estimate of drug-likeness (QED) is 0.0917. The van der Waals surface area contributed by atoms with Crippen LogP contribution < -0.4 is 38.6 Å². The molecular formula is C39H39ClN2O9. The molecule has 4 aromatic carbocycles. The molecule has 5 rings (SSSR count). The normalized spacial score (nSPS) is 13.5. The maximum Gasteiger partial charge on any atom is 0.335 e.